The summed E-state index contributed by atoms with van der Waals surface area (Å²) in [4.78, 5) is 2.31. The predicted molar refractivity (Wildman–Crippen MR) is 196 cm³/mol. The molecule has 3 nitrogen and oxygen atoms in total. The third-order valence-electron chi connectivity index (χ3n) is 9.70. The molecule has 0 saturated heterocycles. The van der Waals surface area contributed by atoms with Gasteiger partial charge < -0.3 is 13.9 Å². The van der Waals surface area contributed by atoms with Gasteiger partial charge in [0.25, 0.3) is 0 Å². The minimum absolute atomic E-state index is 0.948. The van der Waals surface area contributed by atoms with Crippen LogP contribution in [0, 0.1) is 0 Å². The average molecular weight is 605 g/mol. The lowest BCUT2D eigenvalue weighted by molar-refractivity contribution is 0.669. The zero-order chi connectivity index (χ0) is 29.9. The van der Waals surface area contributed by atoms with Crippen LogP contribution in [0.1, 0.15) is 0 Å². The van der Waals surface area contributed by atoms with Crippen LogP contribution in [-0.4, -0.2) is 4.57 Å². The van der Waals surface area contributed by atoms with E-state index in [1.807, 2.05) is 11.3 Å². The maximum Gasteiger partial charge on any atom is 0.136 e. The highest BCUT2D eigenvalue weighted by Crippen LogP contribution is 2.51. The monoisotopic (exact) mass is 604 g/mol. The Morgan fingerprint density at radius 3 is 1.74 bits per heavy atom. The minimum Gasteiger partial charge on any atom is -0.456 e. The molecule has 0 spiro atoms. The summed E-state index contributed by atoms with van der Waals surface area (Å²) in [5, 5.41) is 10.2. The molecule has 0 aliphatic heterocycles. The van der Waals surface area contributed by atoms with E-state index in [0.29, 0.717) is 0 Å². The van der Waals surface area contributed by atoms with Crippen LogP contribution in [0.25, 0.3) is 80.4 Å². The standard InChI is InChI=1S/C42H24N2OS/c1-3-9-25(10-4-1)43(26-11-5-2-6-12-26)27-17-19-28(20-18-27)44-31-15-7-13-29-30-14-8-16-33-38(30)40-34(45-33)22-24-36-42(40)41-35(46-36)23-21-32(44)39(41)37(29)31/h1-24H. The van der Waals surface area contributed by atoms with Crippen LogP contribution in [-0.2, 0) is 0 Å². The van der Waals surface area contributed by atoms with Crippen LogP contribution < -0.4 is 4.90 Å². The van der Waals surface area contributed by atoms with Crippen LogP contribution in [0.15, 0.2) is 150 Å². The van der Waals surface area contributed by atoms with E-state index in [1.54, 1.807) is 0 Å². The van der Waals surface area contributed by atoms with E-state index in [0.717, 1.165) is 33.9 Å². The van der Waals surface area contributed by atoms with Crippen molar-refractivity contribution in [2.75, 3.05) is 4.90 Å². The molecule has 3 aromatic heterocycles. The Labute approximate surface area is 267 Å². The highest BCUT2D eigenvalue weighted by Gasteiger charge is 2.24. The second kappa shape index (κ2) is 8.87. The maximum atomic E-state index is 6.48. The number of thiophene rings is 1. The molecule has 0 bridgehead atoms. The summed E-state index contributed by atoms with van der Waals surface area (Å²) < 4.78 is 11.6. The Bertz CT molecular complexity index is 2860. The molecular formula is C42H24N2OS. The van der Waals surface area contributed by atoms with Crippen molar-refractivity contribution in [2.24, 2.45) is 0 Å². The first-order valence-corrected chi connectivity index (χ1v) is 16.4. The molecule has 0 atom stereocenters. The van der Waals surface area contributed by atoms with Gasteiger partial charge in [0.1, 0.15) is 11.2 Å². The van der Waals surface area contributed by atoms with Gasteiger partial charge >= 0.3 is 0 Å². The first-order valence-electron chi connectivity index (χ1n) is 15.6. The molecule has 0 amide bonds. The Balaban J connectivity index is 1.23. The third kappa shape index (κ3) is 3.11. The number of furan rings is 1. The van der Waals surface area contributed by atoms with E-state index in [-0.39, 0.29) is 0 Å². The Kier molecular flexibility index (Phi) is 4.72. The molecule has 214 valence electrons. The van der Waals surface area contributed by atoms with Crippen LogP contribution in [0.5, 0.6) is 0 Å². The molecule has 11 rings (SSSR count). The largest absolute Gasteiger partial charge is 0.456 e. The lowest BCUT2D eigenvalue weighted by atomic mass is 9.95. The summed E-state index contributed by atoms with van der Waals surface area (Å²) >= 11 is 1.88. The van der Waals surface area contributed by atoms with Gasteiger partial charge in [-0.05, 0) is 95.7 Å². The number of para-hydroxylation sites is 2. The molecule has 46 heavy (non-hydrogen) atoms. The average Bonchev–Trinajstić information content (AvgIpc) is 3.78. The van der Waals surface area contributed by atoms with Gasteiger partial charge in [-0.1, -0.05) is 60.7 Å². The molecule has 3 heterocycles. The van der Waals surface area contributed by atoms with E-state index in [1.165, 1.54) is 63.5 Å². The molecule has 0 fully saturated rings. The normalized spacial score (nSPS) is 12.3. The smallest absolute Gasteiger partial charge is 0.136 e. The van der Waals surface area contributed by atoms with Gasteiger partial charge in [0, 0.05) is 64.5 Å². The van der Waals surface area contributed by atoms with E-state index < -0.39 is 0 Å². The molecule has 0 N–H and O–H groups in total. The zero-order valence-electron chi connectivity index (χ0n) is 24.6. The number of nitrogens with zero attached hydrogens (tertiary/aromatic N) is 2. The van der Waals surface area contributed by atoms with E-state index >= 15 is 0 Å². The van der Waals surface area contributed by atoms with E-state index in [9.17, 15) is 0 Å². The summed E-state index contributed by atoms with van der Waals surface area (Å²) in [5.74, 6) is 0. The Hall–Kier alpha value is -5.84. The van der Waals surface area contributed by atoms with Gasteiger partial charge in [0.05, 0.1) is 11.0 Å². The lowest BCUT2D eigenvalue weighted by Crippen LogP contribution is -2.09. The first-order chi connectivity index (χ1) is 22.8. The highest BCUT2D eigenvalue weighted by atomic mass is 32.1. The fraction of sp³-hybridized carbons (Fsp3) is 0. The number of rotatable bonds is 4. The van der Waals surface area contributed by atoms with E-state index in [2.05, 4.69) is 155 Å². The van der Waals surface area contributed by atoms with Crippen molar-refractivity contribution in [3.8, 4) is 5.69 Å². The molecule has 11 aromatic rings. The van der Waals surface area contributed by atoms with Gasteiger partial charge in [-0.3, -0.25) is 0 Å². The number of benzene rings is 7. The van der Waals surface area contributed by atoms with Gasteiger partial charge in [-0.25, -0.2) is 0 Å². The second-order valence-corrected chi connectivity index (χ2v) is 13.2. The summed E-state index contributed by atoms with van der Waals surface area (Å²) in [6, 6.07) is 52.5. The van der Waals surface area contributed by atoms with Crippen LogP contribution in [0.2, 0.25) is 0 Å². The van der Waals surface area contributed by atoms with Crippen molar-refractivity contribution in [3.63, 3.8) is 0 Å². The van der Waals surface area contributed by atoms with Crippen LogP contribution in [0.3, 0.4) is 0 Å². The van der Waals surface area contributed by atoms with Crippen molar-refractivity contribution in [1.82, 2.24) is 4.57 Å². The number of fused-ring (bicyclic) bond motifs is 1. The molecule has 0 aliphatic carbocycles. The number of hydrogen-bond acceptors (Lipinski definition) is 3. The Morgan fingerprint density at radius 1 is 0.413 bits per heavy atom. The van der Waals surface area contributed by atoms with Crippen molar-refractivity contribution in [3.05, 3.63) is 146 Å². The van der Waals surface area contributed by atoms with Gasteiger partial charge in [0.15, 0.2) is 0 Å². The quantitative estimate of drug-likeness (QED) is 0.199. The molecular weight excluding hydrogens is 581 g/mol. The second-order valence-electron chi connectivity index (χ2n) is 12.1. The molecule has 0 aliphatic rings. The fourth-order valence-electron chi connectivity index (χ4n) is 7.89. The lowest BCUT2D eigenvalue weighted by Gasteiger charge is -2.25. The van der Waals surface area contributed by atoms with Crippen molar-refractivity contribution >= 4 is 103 Å². The van der Waals surface area contributed by atoms with Gasteiger partial charge in [-0.15, -0.1) is 11.3 Å². The number of hydrogen-bond donors (Lipinski definition) is 0. The first kappa shape index (κ1) is 24.5. The summed E-state index contributed by atoms with van der Waals surface area (Å²) in [7, 11) is 0. The number of anilines is 3. The van der Waals surface area contributed by atoms with Gasteiger partial charge in [0.2, 0.25) is 0 Å². The molecule has 4 heteroatoms. The van der Waals surface area contributed by atoms with Crippen molar-refractivity contribution in [2.45, 2.75) is 0 Å². The number of aromatic nitrogens is 1. The van der Waals surface area contributed by atoms with Crippen LogP contribution >= 0.6 is 11.3 Å². The summed E-state index contributed by atoms with van der Waals surface area (Å²) in [6.45, 7) is 0. The van der Waals surface area contributed by atoms with Gasteiger partial charge in [-0.2, -0.15) is 0 Å². The topological polar surface area (TPSA) is 21.3 Å². The molecule has 0 radical (unpaired) electrons. The van der Waals surface area contributed by atoms with E-state index in [4.69, 9.17) is 4.42 Å². The predicted octanol–water partition coefficient (Wildman–Crippen LogP) is 12.5. The molecule has 0 saturated carbocycles. The van der Waals surface area contributed by atoms with Crippen molar-refractivity contribution < 1.29 is 4.42 Å². The zero-order valence-corrected chi connectivity index (χ0v) is 25.4. The van der Waals surface area contributed by atoms with Crippen LogP contribution in [0.4, 0.5) is 17.1 Å². The summed E-state index contributed by atoms with van der Waals surface area (Å²) in [6.07, 6.45) is 0. The fourth-order valence-corrected chi connectivity index (χ4v) is 9.01. The van der Waals surface area contributed by atoms with Crippen molar-refractivity contribution in [1.29, 1.82) is 0 Å². The molecule has 0 unspecified atom stereocenters. The highest BCUT2D eigenvalue weighted by molar-refractivity contribution is 7.26. The minimum atomic E-state index is 0.948. The third-order valence-corrected chi connectivity index (χ3v) is 10.8. The summed E-state index contributed by atoms with van der Waals surface area (Å²) in [5.41, 5.74) is 8.87. The maximum absolute atomic E-state index is 6.48. The Morgan fingerprint density at radius 2 is 1.00 bits per heavy atom. The molecule has 8 aromatic carbocycles. The SMILES string of the molecule is c1ccc(N(c2ccccc2)c2ccc(-n3c4cccc5c6cccc7oc8ccc9sc%10ccc3c(c%10c9c8c76)c54)cc2)cc1.